The number of nitrogens with zero attached hydrogens (tertiary/aromatic N) is 2. The van der Waals surface area contributed by atoms with E-state index in [4.69, 9.17) is 9.63 Å². The van der Waals surface area contributed by atoms with Crippen molar-refractivity contribution >= 4 is 12.0 Å². The number of aryl methyl sites for hydroxylation is 1. The van der Waals surface area contributed by atoms with Gasteiger partial charge in [0.15, 0.2) is 5.69 Å². The fraction of sp³-hybridized carbons (Fsp3) is 0.583. The van der Waals surface area contributed by atoms with Crippen molar-refractivity contribution in [2.45, 2.75) is 32.7 Å². The van der Waals surface area contributed by atoms with Gasteiger partial charge in [-0.25, -0.2) is 4.79 Å². The molecule has 0 spiro atoms. The van der Waals surface area contributed by atoms with E-state index in [-0.39, 0.29) is 11.9 Å². The summed E-state index contributed by atoms with van der Waals surface area (Å²) in [6.07, 6.45) is 0.217. The van der Waals surface area contributed by atoms with Gasteiger partial charge in [0.1, 0.15) is 5.76 Å². The molecule has 1 aliphatic heterocycles. The number of carbonyl (C=O) groups is 2. The molecular weight excluding hydrogens is 250 g/mol. The van der Waals surface area contributed by atoms with E-state index >= 15 is 0 Å². The summed E-state index contributed by atoms with van der Waals surface area (Å²) >= 11 is 0. The van der Waals surface area contributed by atoms with E-state index < -0.39 is 6.09 Å². The first-order chi connectivity index (χ1) is 8.99. The maximum absolute atomic E-state index is 12.2. The number of nitrogens with one attached hydrogen (secondary N) is 1. The summed E-state index contributed by atoms with van der Waals surface area (Å²) in [5.74, 6) is 0.494. The third-order valence-electron chi connectivity index (χ3n) is 3.47. The van der Waals surface area contributed by atoms with Crippen molar-refractivity contribution in [1.29, 1.82) is 0 Å². The van der Waals surface area contributed by atoms with Crippen molar-refractivity contribution < 1.29 is 19.2 Å². The number of hydrogen-bond donors (Lipinski definition) is 2. The van der Waals surface area contributed by atoms with Crippen molar-refractivity contribution in [2.75, 3.05) is 13.1 Å². The van der Waals surface area contributed by atoms with Crippen LogP contribution in [0.15, 0.2) is 4.52 Å². The molecule has 1 aromatic rings. The van der Waals surface area contributed by atoms with Gasteiger partial charge in [0, 0.05) is 24.7 Å². The molecule has 0 atom stereocenters. The lowest BCUT2D eigenvalue weighted by molar-refractivity contribution is 0.0695. The average molecular weight is 267 g/mol. The molecule has 0 aromatic carbocycles. The summed E-state index contributed by atoms with van der Waals surface area (Å²) in [6.45, 7) is 4.62. The third kappa shape index (κ3) is 2.86. The predicted molar refractivity (Wildman–Crippen MR) is 66.1 cm³/mol. The topological polar surface area (TPSA) is 95.7 Å². The first-order valence-electron chi connectivity index (χ1n) is 6.20. The van der Waals surface area contributed by atoms with Crippen LogP contribution >= 0.6 is 0 Å². The molecule has 0 aliphatic carbocycles. The zero-order chi connectivity index (χ0) is 14.0. The molecule has 0 unspecified atom stereocenters. The Morgan fingerprint density at radius 3 is 2.47 bits per heavy atom. The molecule has 1 fully saturated rings. The first kappa shape index (κ1) is 13.4. The lowest BCUT2D eigenvalue weighted by Crippen LogP contribution is -2.46. The Morgan fingerprint density at radius 1 is 1.37 bits per heavy atom. The van der Waals surface area contributed by atoms with E-state index in [9.17, 15) is 9.59 Å². The molecular formula is C12H17N3O4. The Kier molecular flexibility index (Phi) is 3.73. The largest absolute Gasteiger partial charge is 0.465 e. The maximum Gasteiger partial charge on any atom is 0.404 e. The van der Waals surface area contributed by atoms with Crippen molar-refractivity contribution in [3.05, 3.63) is 17.0 Å². The fourth-order valence-electron chi connectivity index (χ4n) is 2.17. The molecule has 19 heavy (non-hydrogen) atoms. The third-order valence-corrected chi connectivity index (χ3v) is 3.47. The van der Waals surface area contributed by atoms with E-state index in [1.807, 2.05) is 0 Å². The van der Waals surface area contributed by atoms with Gasteiger partial charge in [0.05, 0.1) is 0 Å². The van der Waals surface area contributed by atoms with E-state index in [0.717, 1.165) is 5.56 Å². The van der Waals surface area contributed by atoms with E-state index in [1.54, 1.807) is 18.7 Å². The lowest BCUT2D eigenvalue weighted by Gasteiger charge is -2.31. The summed E-state index contributed by atoms with van der Waals surface area (Å²) in [6, 6.07) is -0.0818. The molecule has 104 valence electrons. The normalized spacial score (nSPS) is 16.4. The highest BCUT2D eigenvalue weighted by Gasteiger charge is 2.27. The van der Waals surface area contributed by atoms with Gasteiger partial charge in [0.25, 0.3) is 5.91 Å². The highest BCUT2D eigenvalue weighted by Crippen LogP contribution is 2.17. The van der Waals surface area contributed by atoms with Crippen LogP contribution in [0.3, 0.4) is 0 Å². The molecule has 7 nitrogen and oxygen atoms in total. The van der Waals surface area contributed by atoms with Crippen molar-refractivity contribution in [3.8, 4) is 0 Å². The molecule has 1 aliphatic rings. The molecule has 0 radical (unpaired) electrons. The van der Waals surface area contributed by atoms with Crippen LogP contribution in [-0.4, -0.2) is 46.3 Å². The summed E-state index contributed by atoms with van der Waals surface area (Å²) < 4.78 is 4.99. The zero-order valence-electron chi connectivity index (χ0n) is 11.0. The van der Waals surface area contributed by atoms with Gasteiger partial charge in [-0.05, 0) is 26.7 Å². The van der Waals surface area contributed by atoms with Gasteiger partial charge < -0.3 is 19.8 Å². The second-order valence-corrected chi connectivity index (χ2v) is 4.73. The van der Waals surface area contributed by atoms with E-state index in [0.29, 0.717) is 37.4 Å². The quantitative estimate of drug-likeness (QED) is 0.838. The summed E-state index contributed by atoms with van der Waals surface area (Å²) in [5.41, 5.74) is 1.11. The number of carboxylic acid groups (broad SMARTS) is 1. The molecule has 0 saturated carbocycles. The minimum Gasteiger partial charge on any atom is -0.465 e. The lowest BCUT2D eigenvalue weighted by atomic mass is 10.0. The molecule has 7 heteroatoms. The summed E-state index contributed by atoms with van der Waals surface area (Å²) in [5, 5.41) is 14.9. The number of piperidine rings is 1. The SMILES string of the molecule is Cc1onc(C(=O)N2CCC(NC(=O)O)CC2)c1C. The molecule has 2 heterocycles. The number of amides is 2. The van der Waals surface area contributed by atoms with Crippen LogP contribution in [0.5, 0.6) is 0 Å². The van der Waals surface area contributed by atoms with Crippen molar-refractivity contribution in [1.82, 2.24) is 15.4 Å². The average Bonchev–Trinajstić information content (AvgIpc) is 2.69. The summed E-state index contributed by atoms with van der Waals surface area (Å²) in [7, 11) is 0. The maximum atomic E-state index is 12.2. The van der Waals surface area contributed by atoms with E-state index in [2.05, 4.69) is 10.5 Å². The number of aromatic nitrogens is 1. The zero-order valence-corrected chi connectivity index (χ0v) is 11.0. The Labute approximate surface area is 110 Å². The Hall–Kier alpha value is -2.05. The molecule has 2 rings (SSSR count). The van der Waals surface area contributed by atoms with Crippen LogP contribution in [0.4, 0.5) is 4.79 Å². The van der Waals surface area contributed by atoms with Gasteiger partial charge in [-0.3, -0.25) is 4.79 Å². The molecule has 2 amide bonds. The minimum atomic E-state index is -1.02. The molecule has 1 aromatic heterocycles. The Morgan fingerprint density at radius 2 is 2.00 bits per heavy atom. The van der Waals surface area contributed by atoms with Crippen LogP contribution in [0.1, 0.15) is 34.7 Å². The number of rotatable bonds is 2. The number of hydrogen-bond acceptors (Lipinski definition) is 4. The molecule has 1 saturated heterocycles. The van der Waals surface area contributed by atoms with Gasteiger partial charge >= 0.3 is 6.09 Å². The second-order valence-electron chi connectivity index (χ2n) is 4.73. The summed E-state index contributed by atoms with van der Waals surface area (Å²) in [4.78, 5) is 24.5. The van der Waals surface area contributed by atoms with Crippen LogP contribution in [0.25, 0.3) is 0 Å². The van der Waals surface area contributed by atoms with Crippen molar-refractivity contribution in [2.24, 2.45) is 0 Å². The van der Waals surface area contributed by atoms with Crippen LogP contribution in [-0.2, 0) is 0 Å². The highest BCUT2D eigenvalue weighted by atomic mass is 16.5. The Balaban J connectivity index is 1.96. The Bertz CT molecular complexity index is 489. The molecule has 2 N–H and O–H groups in total. The standard InChI is InChI=1S/C12H17N3O4/c1-7-8(2)19-14-10(7)11(16)15-5-3-9(4-6-15)13-12(17)18/h9,13H,3-6H2,1-2H3,(H,17,18). The van der Waals surface area contributed by atoms with Gasteiger partial charge in [-0.15, -0.1) is 0 Å². The number of likely N-dealkylation sites (tertiary alicyclic amines) is 1. The van der Waals surface area contributed by atoms with E-state index in [1.165, 1.54) is 0 Å². The second kappa shape index (κ2) is 5.29. The van der Waals surface area contributed by atoms with Crippen LogP contribution in [0.2, 0.25) is 0 Å². The highest BCUT2D eigenvalue weighted by molar-refractivity contribution is 5.93. The number of carbonyl (C=O) groups excluding carboxylic acids is 1. The van der Waals surface area contributed by atoms with Gasteiger partial charge in [-0.1, -0.05) is 5.16 Å². The van der Waals surface area contributed by atoms with Crippen LogP contribution in [0, 0.1) is 13.8 Å². The van der Waals surface area contributed by atoms with Gasteiger partial charge in [-0.2, -0.15) is 0 Å². The monoisotopic (exact) mass is 267 g/mol. The smallest absolute Gasteiger partial charge is 0.404 e. The minimum absolute atomic E-state index is 0.0818. The van der Waals surface area contributed by atoms with Gasteiger partial charge in [0.2, 0.25) is 0 Å². The first-order valence-corrected chi connectivity index (χ1v) is 6.20. The van der Waals surface area contributed by atoms with Crippen molar-refractivity contribution in [3.63, 3.8) is 0 Å². The molecule has 0 bridgehead atoms. The van der Waals surface area contributed by atoms with Crippen LogP contribution < -0.4 is 5.32 Å². The predicted octanol–water partition coefficient (Wildman–Crippen LogP) is 1.16. The fourth-order valence-corrected chi connectivity index (χ4v) is 2.17.